The summed E-state index contributed by atoms with van der Waals surface area (Å²) in [4.78, 5) is 12.7. The molecule has 0 bridgehead atoms. The van der Waals surface area contributed by atoms with Crippen LogP contribution in [0.5, 0.6) is 5.75 Å². The van der Waals surface area contributed by atoms with Gasteiger partial charge in [0.15, 0.2) is 0 Å². The van der Waals surface area contributed by atoms with Crippen LogP contribution in [0, 0.1) is 0 Å². The van der Waals surface area contributed by atoms with Crippen molar-refractivity contribution in [2.24, 2.45) is 0 Å². The fourth-order valence-electron chi connectivity index (χ4n) is 1.68. The number of hydrogen-bond donors (Lipinski definition) is 1. The summed E-state index contributed by atoms with van der Waals surface area (Å²) >= 11 is 1.01. The molecule has 1 heterocycles. The smallest absolute Gasteiger partial charge is 0.387 e. The standard InChI is InChI=1S/C14H13F2NO3S2/c15-14(16)20-11-6-8-21-12(11)13(18)17-7-9-22(19)10-4-2-1-3-5-10/h1-6,8,14H,7,9H2,(H,17,18). The number of hydrogen-bond acceptors (Lipinski definition) is 4. The van der Waals surface area contributed by atoms with E-state index in [9.17, 15) is 17.8 Å². The van der Waals surface area contributed by atoms with Crippen molar-refractivity contribution in [3.63, 3.8) is 0 Å². The summed E-state index contributed by atoms with van der Waals surface area (Å²) in [6.07, 6.45) is 0. The Morgan fingerprint density at radius 1 is 1.27 bits per heavy atom. The zero-order chi connectivity index (χ0) is 15.9. The third kappa shape index (κ3) is 4.60. The van der Waals surface area contributed by atoms with Crippen LogP contribution in [0.4, 0.5) is 8.78 Å². The quantitative estimate of drug-likeness (QED) is 0.839. The molecular weight excluding hydrogens is 332 g/mol. The minimum atomic E-state index is -2.98. The van der Waals surface area contributed by atoms with E-state index in [0.717, 1.165) is 11.3 Å². The van der Waals surface area contributed by atoms with E-state index >= 15 is 0 Å². The van der Waals surface area contributed by atoms with E-state index in [0.29, 0.717) is 4.90 Å². The second-order valence-electron chi connectivity index (χ2n) is 4.11. The maximum Gasteiger partial charge on any atom is 0.387 e. The summed E-state index contributed by atoms with van der Waals surface area (Å²) in [6, 6.07) is 10.2. The molecular formula is C14H13F2NO3S2. The third-order valence-electron chi connectivity index (χ3n) is 2.63. The van der Waals surface area contributed by atoms with Crippen molar-refractivity contribution >= 4 is 28.0 Å². The lowest BCUT2D eigenvalue weighted by Crippen LogP contribution is -2.27. The van der Waals surface area contributed by atoms with Crippen LogP contribution in [0.15, 0.2) is 46.7 Å². The van der Waals surface area contributed by atoms with Gasteiger partial charge in [-0.05, 0) is 23.6 Å². The number of halogens is 2. The second-order valence-corrected chi connectivity index (χ2v) is 6.60. The molecule has 22 heavy (non-hydrogen) atoms. The molecule has 1 aromatic heterocycles. The molecule has 0 aliphatic heterocycles. The van der Waals surface area contributed by atoms with Crippen molar-refractivity contribution in [3.05, 3.63) is 46.7 Å². The average Bonchev–Trinajstić information content (AvgIpc) is 2.95. The monoisotopic (exact) mass is 345 g/mol. The van der Waals surface area contributed by atoms with Gasteiger partial charge in [0, 0.05) is 17.2 Å². The van der Waals surface area contributed by atoms with Gasteiger partial charge in [-0.25, -0.2) is 0 Å². The molecule has 2 rings (SSSR count). The predicted octanol–water partition coefficient (Wildman–Crippen LogP) is 2.89. The maximum absolute atomic E-state index is 12.2. The zero-order valence-corrected chi connectivity index (χ0v) is 13.0. The summed E-state index contributed by atoms with van der Waals surface area (Å²) in [5.74, 6) is -0.427. The van der Waals surface area contributed by atoms with E-state index in [-0.39, 0.29) is 22.9 Å². The maximum atomic E-state index is 12.2. The summed E-state index contributed by atoms with van der Waals surface area (Å²) in [5, 5.41) is 4.05. The molecule has 0 fully saturated rings. The topological polar surface area (TPSA) is 55.4 Å². The Balaban J connectivity index is 1.86. The lowest BCUT2D eigenvalue weighted by atomic mass is 10.4. The first-order valence-corrected chi connectivity index (χ1v) is 8.51. The summed E-state index contributed by atoms with van der Waals surface area (Å²) in [6.45, 7) is -2.81. The molecule has 118 valence electrons. The number of rotatable bonds is 7. The van der Waals surface area contributed by atoms with Gasteiger partial charge in [-0.2, -0.15) is 8.78 Å². The van der Waals surface area contributed by atoms with Crippen LogP contribution < -0.4 is 10.1 Å². The Morgan fingerprint density at radius 3 is 2.68 bits per heavy atom. The van der Waals surface area contributed by atoms with Crippen molar-refractivity contribution in [3.8, 4) is 5.75 Å². The lowest BCUT2D eigenvalue weighted by molar-refractivity contribution is -0.0498. The van der Waals surface area contributed by atoms with Gasteiger partial charge in [-0.15, -0.1) is 11.3 Å². The van der Waals surface area contributed by atoms with Gasteiger partial charge in [0.05, 0.1) is 10.8 Å². The number of carbonyl (C=O) groups is 1. The Hall–Kier alpha value is -1.80. The largest absolute Gasteiger partial charge is 0.433 e. The average molecular weight is 345 g/mol. The van der Waals surface area contributed by atoms with Gasteiger partial charge in [0.1, 0.15) is 10.6 Å². The fraction of sp³-hybridized carbons (Fsp3) is 0.214. The Kier molecular flexibility index (Phi) is 6.02. The Labute approximate surface area is 132 Å². The van der Waals surface area contributed by atoms with E-state index in [1.807, 2.05) is 6.07 Å². The number of thiophene rings is 1. The van der Waals surface area contributed by atoms with Crippen LogP contribution in [0.25, 0.3) is 0 Å². The Morgan fingerprint density at radius 2 is 2.00 bits per heavy atom. The zero-order valence-electron chi connectivity index (χ0n) is 11.3. The van der Waals surface area contributed by atoms with E-state index in [1.165, 1.54) is 11.4 Å². The molecule has 0 aliphatic carbocycles. The van der Waals surface area contributed by atoms with Crippen LogP contribution >= 0.6 is 11.3 Å². The number of alkyl halides is 2. The summed E-state index contributed by atoms with van der Waals surface area (Å²) in [7, 11) is -1.22. The van der Waals surface area contributed by atoms with E-state index < -0.39 is 23.3 Å². The highest BCUT2D eigenvalue weighted by Gasteiger charge is 2.17. The molecule has 0 spiro atoms. The Bertz CT molecular complexity index is 647. The van der Waals surface area contributed by atoms with Crippen LogP contribution in [-0.2, 0) is 10.8 Å². The minimum absolute atomic E-state index is 0.0748. The molecule has 2 aromatic rings. The fourth-order valence-corrected chi connectivity index (χ4v) is 3.40. The highest BCUT2D eigenvalue weighted by atomic mass is 32.2. The first kappa shape index (κ1) is 16.6. The molecule has 1 N–H and O–H groups in total. The first-order chi connectivity index (χ1) is 10.6. The molecule has 1 atom stereocenters. The number of ether oxygens (including phenoxy) is 1. The summed E-state index contributed by atoms with van der Waals surface area (Å²) < 4.78 is 40.6. The molecule has 8 heteroatoms. The molecule has 0 saturated heterocycles. The molecule has 1 amide bonds. The van der Waals surface area contributed by atoms with Gasteiger partial charge in [0.2, 0.25) is 0 Å². The van der Waals surface area contributed by atoms with Crippen LogP contribution in [0.3, 0.4) is 0 Å². The molecule has 1 aromatic carbocycles. The van der Waals surface area contributed by atoms with Gasteiger partial charge in [-0.1, -0.05) is 18.2 Å². The van der Waals surface area contributed by atoms with E-state index in [2.05, 4.69) is 10.1 Å². The van der Waals surface area contributed by atoms with Crippen molar-refractivity contribution in [1.29, 1.82) is 0 Å². The van der Waals surface area contributed by atoms with Crippen LogP contribution in [-0.4, -0.2) is 29.0 Å². The molecule has 4 nitrogen and oxygen atoms in total. The van der Waals surface area contributed by atoms with Crippen LogP contribution in [0.2, 0.25) is 0 Å². The number of benzene rings is 1. The molecule has 1 unspecified atom stereocenters. The van der Waals surface area contributed by atoms with Gasteiger partial charge in [-0.3, -0.25) is 9.00 Å². The lowest BCUT2D eigenvalue weighted by Gasteiger charge is -2.07. The van der Waals surface area contributed by atoms with Crippen LogP contribution in [0.1, 0.15) is 9.67 Å². The van der Waals surface area contributed by atoms with Gasteiger partial charge < -0.3 is 10.1 Å². The highest BCUT2D eigenvalue weighted by Crippen LogP contribution is 2.26. The van der Waals surface area contributed by atoms with Crippen molar-refractivity contribution < 1.29 is 22.5 Å². The van der Waals surface area contributed by atoms with E-state index in [4.69, 9.17) is 0 Å². The van der Waals surface area contributed by atoms with Crippen molar-refractivity contribution in [2.45, 2.75) is 11.5 Å². The molecule has 0 aliphatic rings. The molecule has 0 saturated carbocycles. The normalized spacial score (nSPS) is 12.1. The number of carbonyl (C=O) groups excluding carboxylic acids is 1. The number of amides is 1. The number of nitrogens with one attached hydrogen (secondary N) is 1. The first-order valence-electron chi connectivity index (χ1n) is 6.32. The van der Waals surface area contributed by atoms with Gasteiger partial charge >= 0.3 is 6.61 Å². The third-order valence-corrected chi connectivity index (χ3v) is 4.90. The predicted molar refractivity (Wildman–Crippen MR) is 81.0 cm³/mol. The minimum Gasteiger partial charge on any atom is -0.433 e. The second kappa shape index (κ2) is 8.00. The molecule has 0 radical (unpaired) electrons. The highest BCUT2D eigenvalue weighted by molar-refractivity contribution is 7.85. The summed E-state index contributed by atoms with van der Waals surface area (Å²) in [5.41, 5.74) is 0. The van der Waals surface area contributed by atoms with Crippen molar-refractivity contribution in [2.75, 3.05) is 12.3 Å². The van der Waals surface area contributed by atoms with Crippen molar-refractivity contribution in [1.82, 2.24) is 5.32 Å². The SMILES string of the molecule is O=C(NCCS(=O)c1ccccc1)c1sccc1OC(F)F. The van der Waals surface area contributed by atoms with Gasteiger partial charge in [0.25, 0.3) is 5.91 Å². The van der Waals surface area contributed by atoms with E-state index in [1.54, 1.807) is 24.3 Å².